The van der Waals surface area contributed by atoms with Crippen molar-refractivity contribution in [3.63, 3.8) is 0 Å². The van der Waals surface area contributed by atoms with E-state index in [0.717, 1.165) is 42.7 Å². The topological polar surface area (TPSA) is 68.3 Å². The van der Waals surface area contributed by atoms with Crippen LogP contribution in [0.15, 0.2) is 36.9 Å². The van der Waals surface area contributed by atoms with Crippen LogP contribution in [0.4, 0.5) is 0 Å². The zero-order valence-corrected chi connectivity index (χ0v) is 13.7. The number of carbonyl (C=O) groups is 1. The third kappa shape index (κ3) is 2.77. The summed E-state index contributed by atoms with van der Waals surface area (Å²) in [6, 6.07) is 3.88. The van der Waals surface area contributed by atoms with Crippen LogP contribution in [0.3, 0.4) is 0 Å². The molecule has 0 spiro atoms. The van der Waals surface area contributed by atoms with Gasteiger partial charge >= 0.3 is 0 Å². The highest BCUT2D eigenvalue weighted by molar-refractivity contribution is 5.76. The molecule has 124 valence electrons. The van der Waals surface area contributed by atoms with Gasteiger partial charge in [-0.15, -0.1) is 0 Å². The Kier molecular flexibility index (Phi) is 3.76. The van der Waals surface area contributed by atoms with Gasteiger partial charge in [-0.3, -0.25) is 9.48 Å². The number of nitrogens with zero attached hydrogens (tertiary/aromatic N) is 6. The second-order valence-electron chi connectivity index (χ2n) is 6.30. The highest BCUT2D eigenvalue weighted by Crippen LogP contribution is 2.30. The first-order chi connectivity index (χ1) is 11.7. The van der Waals surface area contributed by atoms with Crippen molar-refractivity contribution in [2.24, 2.45) is 0 Å². The summed E-state index contributed by atoms with van der Waals surface area (Å²) in [5, 5.41) is 8.40. The van der Waals surface area contributed by atoms with Crippen LogP contribution in [0.1, 0.15) is 36.6 Å². The van der Waals surface area contributed by atoms with Crippen molar-refractivity contribution in [1.29, 1.82) is 0 Å². The Morgan fingerprint density at radius 2 is 2.21 bits per heavy atom. The van der Waals surface area contributed by atoms with E-state index in [-0.39, 0.29) is 18.5 Å². The number of hydrogen-bond donors (Lipinski definition) is 0. The Labute approximate surface area is 139 Å². The Hall–Kier alpha value is -2.70. The van der Waals surface area contributed by atoms with Crippen LogP contribution >= 0.6 is 0 Å². The van der Waals surface area contributed by atoms with Crippen LogP contribution in [0.5, 0.6) is 0 Å². The molecule has 7 heteroatoms. The minimum absolute atomic E-state index is 0.0304. The average Bonchev–Trinajstić information content (AvgIpc) is 3.22. The zero-order chi connectivity index (χ0) is 16.5. The highest BCUT2D eigenvalue weighted by atomic mass is 16.2. The molecule has 0 N–H and O–H groups in total. The van der Waals surface area contributed by atoms with Gasteiger partial charge in [0, 0.05) is 25.0 Å². The van der Waals surface area contributed by atoms with E-state index in [9.17, 15) is 4.79 Å². The first kappa shape index (κ1) is 14.9. The van der Waals surface area contributed by atoms with Crippen molar-refractivity contribution in [3.05, 3.63) is 48.2 Å². The van der Waals surface area contributed by atoms with E-state index < -0.39 is 0 Å². The van der Waals surface area contributed by atoms with Gasteiger partial charge in [-0.2, -0.15) is 10.2 Å². The number of aromatic nitrogens is 5. The largest absolute Gasteiger partial charge is 0.332 e. The number of carbonyl (C=O) groups excluding carboxylic acids is 1. The molecule has 4 rings (SSSR count). The smallest absolute Gasteiger partial charge is 0.244 e. The fraction of sp³-hybridized carbons (Fsp3) is 0.412. The van der Waals surface area contributed by atoms with E-state index in [2.05, 4.69) is 15.2 Å². The van der Waals surface area contributed by atoms with Crippen LogP contribution in [0.25, 0.3) is 5.65 Å². The first-order valence-corrected chi connectivity index (χ1v) is 8.29. The number of likely N-dealkylation sites (tertiary alicyclic amines) is 1. The molecule has 0 aliphatic carbocycles. The minimum atomic E-state index is 0.0304. The third-order valence-corrected chi connectivity index (χ3v) is 4.50. The van der Waals surface area contributed by atoms with Crippen LogP contribution in [0.2, 0.25) is 0 Å². The molecule has 1 fully saturated rings. The summed E-state index contributed by atoms with van der Waals surface area (Å²) in [4.78, 5) is 19.4. The van der Waals surface area contributed by atoms with E-state index in [1.807, 2.05) is 36.4 Å². The molecule has 1 aliphatic heterocycles. The molecule has 1 aliphatic rings. The van der Waals surface area contributed by atoms with E-state index in [1.54, 1.807) is 21.6 Å². The molecule has 1 atom stereocenters. The second-order valence-corrected chi connectivity index (χ2v) is 6.30. The monoisotopic (exact) mass is 324 g/mol. The number of amides is 1. The van der Waals surface area contributed by atoms with Crippen molar-refractivity contribution in [2.45, 2.75) is 38.8 Å². The predicted molar refractivity (Wildman–Crippen MR) is 88.3 cm³/mol. The molecule has 3 aromatic heterocycles. The molecule has 7 nitrogen and oxygen atoms in total. The van der Waals surface area contributed by atoms with Crippen molar-refractivity contribution in [1.82, 2.24) is 29.3 Å². The molecule has 0 saturated carbocycles. The van der Waals surface area contributed by atoms with Gasteiger partial charge in [0.05, 0.1) is 24.1 Å². The van der Waals surface area contributed by atoms with E-state index in [4.69, 9.17) is 0 Å². The first-order valence-electron chi connectivity index (χ1n) is 8.29. The van der Waals surface area contributed by atoms with E-state index in [1.165, 1.54) is 0 Å². The molecule has 0 unspecified atom stereocenters. The van der Waals surface area contributed by atoms with Crippen molar-refractivity contribution < 1.29 is 4.79 Å². The lowest BCUT2D eigenvalue weighted by Crippen LogP contribution is -2.40. The molecule has 24 heavy (non-hydrogen) atoms. The predicted octanol–water partition coefficient (Wildman–Crippen LogP) is 1.99. The average molecular weight is 324 g/mol. The number of rotatable bonds is 3. The summed E-state index contributed by atoms with van der Waals surface area (Å²) in [6.45, 7) is 3.03. The standard InChI is InChI=1S/C17H20N6O/c1-13-10-19-21(11-13)12-17(24)22-8-3-2-4-15(22)14-6-9-23-16(20-14)5-7-18-23/h5-7,9-11,15H,2-4,8,12H2,1H3/t15-/m1/s1. The maximum Gasteiger partial charge on any atom is 0.244 e. The second kappa shape index (κ2) is 6.07. The Bertz CT molecular complexity index is 867. The number of hydrogen-bond acceptors (Lipinski definition) is 4. The Morgan fingerprint density at radius 1 is 1.29 bits per heavy atom. The highest BCUT2D eigenvalue weighted by Gasteiger charge is 2.29. The van der Waals surface area contributed by atoms with Gasteiger partial charge in [-0.1, -0.05) is 0 Å². The molecule has 0 bridgehead atoms. The molecule has 0 radical (unpaired) electrons. The van der Waals surface area contributed by atoms with Crippen LogP contribution in [-0.4, -0.2) is 41.7 Å². The molecule has 1 amide bonds. The van der Waals surface area contributed by atoms with Crippen molar-refractivity contribution in [3.8, 4) is 0 Å². The SMILES string of the molecule is Cc1cnn(CC(=O)N2CCCC[C@@H]2c2ccn3nccc3n2)c1. The van der Waals surface area contributed by atoms with Crippen LogP contribution in [0, 0.1) is 6.92 Å². The normalized spacial score (nSPS) is 18.2. The van der Waals surface area contributed by atoms with Gasteiger partial charge < -0.3 is 4.90 Å². The van der Waals surface area contributed by atoms with Crippen LogP contribution in [-0.2, 0) is 11.3 Å². The maximum absolute atomic E-state index is 12.8. The summed E-state index contributed by atoms with van der Waals surface area (Å²) in [6.07, 6.45) is 10.4. The van der Waals surface area contributed by atoms with E-state index >= 15 is 0 Å². The summed E-state index contributed by atoms with van der Waals surface area (Å²) < 4.78 is 3.45. The number of aryl methyl sites for hydroxylation is 1. The molecule has 1 saturated heterocycles. The Morgan fingerprint density at radius 3 is 3.04 bits per heavy atom. The Balaban J connectivity index is 1.58. The van der Waals surface area contributed by atoms with Crippen LogP contribution < -0.4 is 0 Å². The van der Waals surface area contributed by atoms with Crippen molar-refractivity contribution >= 4 is 11.6 Å². The van der Waals surface area contributed by atoms with E-state index in [0.29, 0.717) is 0 Å². The van der Waals surface area contributed by atoms with Gasteiger partial charge in [-0.25, -0.2) is 9.50 Å². The maximum atomic E-state index is 12.8. The van der Waals surface area contributed by atoms with Gasteiger partial charge in [0.25, 0.3) is 0 Å². The lowest BCUT2D eigenvalue weighted by atomic mass is 9.99. The van der Waals surface area contributed by atoms with Gasteiger partial charge in [0.2, 0.25) is 5.91 Å². The van der Waals surface area contributed by atoms with Gasteiger partial charge in [0.15, 0.2) is 5.65 Å². The zero-order valence-electron chi connectivity index (χ0n) is 13.7. The number of fused-ring (bicyclic) bond motifs is 1. The van der Waals surface area contributed by atoms with Gasteiger partial charge in [-0.05, 0) is 37.8 Å². The molecular weight excluding hydrogens is 304 g/mol. The molecular formula is C17H20N6O. The number of piperidine rings is 1. The fourth-order valence-corrected chi connectivity index (χ4v) is 3.33. The molecule has 0 aromatic carbocycles. The summed E-state index contributed by atoms with van der Waals surface area (Å²) in [5.74, 6) is 0.0954. The third-order valence-electron chi connectivity index (χ3n) is 4.50. The summed E-state index contributed by atoms with van der Waals surface area (Å²) >= 11 is 0. The van der Waals surface area contributed by atoms with Gasteiger partial charge in [0.1, 0.15) is 6.54 Å². The summed E-state index contributed by atoms with van der Waals surface area (Å²) in [7, 11) is 0. The molecule has 4 heterocycles. The lowest BCUT2D eigenvalue weighted by Gasteiger charge is -2.35. The summed E-state index contributed by atoms with van der Waals surface area (Å²) in [5.41, 5.74) is 2.81. The quantitative estimate of drug-likeness (QED) is 0.739. The minimum Gasteiger partial charge on any atom is -0.332 e. The van der Waals surface area contributed by atoms with Crippen molar-refractivity contribution in [2.75, 3.05) is 6.54 Å². The lowest BCUT2D eigenvalue weighted by molar-refractivity contribution is -0.136. The molecule has 3 aromatic rings. The fourth-order valence-electron chi connectivity index (χ4n) is 3.33.